The summed E-state index contributed by atoms with van der Waals surface area (Å²) in [5, 5.41) is 9.42. The number of hydrogen-bond acceptors (Lipinski definition) is 4. The Bertz CT molecular complexity index is 131. The molecule has 3 atom stereocenters. The van der Waals surface area contributed by atoms with Gasteiger partial charge in [-0.3, -0.25) is 0 Å². The average Bonchev–Trinajstić information content (AvgIpc) is 2.07. The van der Waals surface area contributed by atoms with Crippen molar-refractivity contribution in [3.8, 4) is 0 Å². The first-order chi connectivity index (χ1) is 5.74. The molecule has 0 aromatic rings. The first kappa shape index (κ1) is 9.92. The first-order valence-corrected chi connectivity index (χ1v) is 4.39. The summed E-state index contributed by atoms with van der Waals surface area (Å²) in [4.78, 5) is 0. The van der Waals surface area contributed by atoms with E-state index in [0.717, 1.165) is 12.8 Å². The van der Waals surface area contributed by atoms with Gasteiger partial charge in [-0.25, -0.2) is 0 Å². The predicted octanol–water partition coefficient (Wildman–Crippen LogP) is -0.152. The van der Waals surface area contributed by atoms with E-state index in [9.17, 15) is 5.11 Å². The molecule has 1 aliphatic rings. The van der Waals surface area contributed by atoms with Crippen LogP contribution in [0.25, 0.3) is 0 Å². The predicted molar refractivity (Wildman–Crippen MR) is 44.6 cm³/mol. The van der Waals surface area contributed by atoms with E-state index in [1.807, 2.05) is 6.92 Å². The fourth-order valence-electron chi connectivity index (χ4n) is 1.26. The van der Waals surface area contributed by atoms with Crippen LogP contribution in [0.4, 0.5) is 0 Å². The Morgan fingerprint density at radius 1 is 1.58 bits per heavy atom. The Hall–Kier alpha value is -0.160. The number of rotatable bonds is 3. The summed E-state index contributed by atoms with van der Waals surface area (Å²) in [7, 11) is 0. The Balaban J connectivity index is 2.28. The minimum atomic E-state index is -0.493. The molecule has 1 fully saturated rings. The van der Waals surface area contributed by atoms with E-state index in [2.05, 4.69) is 0 Å². The maximum Gasteiger partial charge on any atom is 0.183 e. The van der Waals surface area contributed by atoms with Crippen LogP contribution in [0.15, 0.2) is 0 Å². The van der Waals surface area contributed by atoms with E-state index in [0.29, 0.717) is 13.2 Å². The van der Waals surface area contributed by atoms with Crippen molar-refractivity contribution in [2.24, 2.45) is 5.73 Å². The quantitative estimate of drug-likeness (QED) is 0.626. The fourth-order valence-corrected chi connectivity index (χ4v) is 1.26. The van der Waals surface area contributed by atoms with E-state index >= 15 is 0 Å². The summed E-state index contributed by atoms with van der Waals surface area (Å²) in [6, 6.07) is 0. The van der Waals surface area contributed by atoms with Crippen LogP contribution in [0.5, 0.6) is 0 Å². The standard InChI is InChI=1S/C8H17NO3/c1-6-2-3-7(10)8(12-6)11-5-4-9/h6-8,10H,2-5,9H2,1H3/t6-,7?,8?/m0/s1. The van der Waals surface area contributed by atoms with Gasteiger partial charge in [0.15, 0.2) is 6.29 Å². The molecule has 4 heteroatoms. The van der Waals surface area contributed by atoms with Crippen molar-refractivity contribution in [3.63, 3.8) is 0 Å². The highest BCUT2D eigenvalue weighted by molar-refractivity contribution is 4.70. The molecule has 0 aromatic heterocycles. The highest BCUT2D eigenvalue weighted by Gasteiger charge is 2.27. The lowest BCUT2D eigenvalue weighted by atomic mass is 10.1. The van der Waals surface area contributed by atoms with Gasteiger partial charge >= 0.3 is 0 Å². The molecule has 1 heterocycles. The fraction of sp³-hybridized carbons (Fsp3) is 1.00. The van der Waals surface area contributed by atoms with Crippen molar-refractivity contribution in [2.45, 2.75) is 38.3 Å². The molecule has 3 N–H and O–H groups in total. The van der Waals surface area contributed by atoms with Crippen LogP contribution in [0, 0.1) is 0 Å². The maximum absolute atomic E-state index is 9.42. The molecule has 0 spiro atoms. The van der Waals surface area contributed by atoms with Crippen LogP contribution in [-0.2, 0) is 9.47 Å². The third-order valence-electron chi connectivity index (χ3n) is 1.95. The van der Waals surface area contributed by atoms with Crippen LogP contribution in [0.2, 0.25) is 0 Å². The second-order valence-corrected chi connectivity index (χ2v) is 3.12. The number of ether oxygens (including phenoxy) is 2. The molecule has 12 heavy (non-hydrogen) atoms. The van der Waals surface area contributed by atoms with Crippen LogP contribution in [-0.4, -0.2) is 36.8 Å². The first-order valence-electron chi connectivity index (χ1n) is 4.39. The normalized spacial score (nSPS) is 36.8. The molecule has 4 nitrogen and oxygen atoms in total. The highest BCUT2D eigenvalue weighted by atomic mass is 16.7. The number of aliphatic hydroxyl groups excluding tert-OH is 1. The van der Waals surface area contributed by atoms with Gasteiger partial charge in [-0.05, 0) is 19.8 Å². The van der Waals surface area contributed by atoms with Gasteiger partial charge in [0, 0.05) is 6.54 Å². The topological polar surface area (TPSA) is 64.7 Å². The van der Waals surface area contributed by atoms with Gasteiger partial charge in [0.05, 0.1) is 12.7 Å². The van der Waals surface area contributed by atoms with Gasteiger partial charge in [-0.2, -0.15) is 0 Å². The summed E-state index contributed by atoms with van der Waals surface area (Å²) in [5.74, 6) is 0. The van der Waals surface area contributed by atoms with Crippen molar-refractivity contribution in [1.82, 2.24) is 0 Å². The van der Waals surface area contributed by atoms with Gasteiger partial charge in [0.25, 0.3) is 0 Å². The van der Waals surface area contributed by atoms with Crippen molar-refractivity contribution < 1.29 is 14.6 Å². The molecule has 1 saturated heterocycles. The molecule has 1 rings (SSSR count). The minimum absolute atomic E-state index is 0.177. The zero-order valence-electron chi connectivity index (χ0n) is 7.40. The Morgan fingerprint density at radius 2 is 2.33 bits per heavy atom. The highest BCUT2D eigenvalue weighted by Crippen LogP contribution is 2.19. The second kappa shape index (κ2) is 4.77. The lowest BCUT2D eigenvalue weighted by Gasteiger charge is -2.31. The zero-order chi connectivity index (χ0) is 8.97. The molecule has 0 bridgehead atoms. The summed E-state index contributed by atoms with van der Waals surface area (Å²) in [6.07, 6.45) is 0.848. The van der Waals surface area contributed by atoms with E-state index in [-0.39, 0.29) is 6.10 Å². The largest absolute Gasteiger partial charge is 0.388 e. The minimum Gasteiger partial charge on any atom is -0.388 e. The summed E-state index contributed by atoms with van der Waals surface area (Å²) in [5.41, 5.74) is 5.26. The van der Waals surface area contributed by atoms with Gasteiger partial charge in [0.2, 0.25) is 0 Å². The summed E-state index contributed by atoms with van der Waals surface area (Å²) >= 11 is 0. The average molecular weight is 175 g/mol. The van der Waals surface area contributed by atoms with E-state index in [4.69, 9.17) is 15.2 Å². The van der Waals surface area contributed by atoms with E-state index < -0.39 is 12.4 Å². The summed E-state index contributed by atoms with van der Waals surface area (Å²) in [6.45, 7) is 2.88. The number of aliphatic hydroxyl groups is 1. The van der Waals surface area contributed by atoms with Crippen molar-refractivity contribution in [2.75, 3.05) is 13.2 Å². The van der Waals surface area contributed by atoms with Gasteiger partial charge < -0.3 is 20.3 Å². The molecular weight excluding hydrogens is 158 g/mol. The van der Waals surface area contributed by atoms with Crippen molar-refractivity contribution in [3.05, 3.63) is 0 Å². The van der Waals surface area contributed by atoms with Crippen molar-refractivity contribution in [1.29, 1.82) is 0 Å². The maximum atomic E-state index is 9.42. The van der Waals surface area contributed by atoms with E-state index in [1.54, 1.807) is 0 Å². The van der Waals surface area contributed by atoms with Gasteiger partial charge in [0.1, 0.15) is 6.10 Å². The van der Waals surface area contributed by atoms with Crippen molar-refractivity contribution >= 4 is 0 Å². The lowest BCUT2D eigenvalue weighted by molar-refractivity contribution is -0.235. The molecule has 72 valence electrons. The monoisotopic (exact) mass is 175 g/mol. The van der Waals surface area contributed by atoms with Gasteiger partial charge in [-0.1, -0.05) is 0 Å². The Kier molecular flexibility index (Phi) is 3.94. The van der Waals surface area contributed by atoms with Crippen LogP contribution < -0.4 is 5.73 Å². The van der Waals surface area contributed by atoms with Gasteiger partial charge in [-0.15, -0.1) is 0 Å². The molecule has 0 saturated carbocycles. The van der Waals surface area contributed by atoms with Crippen LogP contribution in [0.3, 0.4) is 0 Å². The molecule has 0 aromatic carbocycles. The molecule has 2 unspecified atom stereocenters. The smallest absolute Gasteiger partial charge is 0.183 e. The van der Waals surface area contributed by atoms with Crippen LogP contribution in [0.1, 0.15) is 19.8 Å². The zero-order valence-corrected chi connectivity index (χ0v) is 7.40. The summed E-state index contributed by atoms with van der Waals surface area (Å²) < 4.78 is 10.6. The molecule has 0 aliphatic carbocycles. The third kappa shape index (κ3) is 2.71. The Morgan fingerprint density at radius 3 is 3.00 bits per heavy atom. The second-order valence-electron chi connectivity index (χ2n) is 3.12. The molecule has 0 amide bonds. The van der Waals surface area contributed by atoms with E-state index in [1.165, 1.54) is 0 Å². The number of nitrogens with two attached hydrogens (primary N) is 1. The Labute approximate surface area is 72.6 Å². The van der Waals surface area contributed by atoms with Crippen LogP contribution >= 0.6 is 0 Å². The lowest BCUT2D eigenvalue weighted by Crippen LogP contribution is -2.40. The number of hydrogen-bond donors (Lipinski definition) is 2. The molecule has 0 radical (unpaired) electrons. The third-order valence-corrected chi connectivity index (χ3v) is 1.95. The molecule has 1 aliphatic heterocycles. The SMILES string of the molecule is C[C@H]1CCC(O)C(OCCN)O1. The molecular formula is C8H17NO3.